The van der Waals surface area contributed by atoms with Gasteiger partial charge in [0.15, 0.2) is 18.1 Å². The van der Waals surface area contributed by atoms with Gasteiger partial charge in [-0.2, -0.15) is 0 Å². The molecule has 4 aromatic rings. The van der Waals surface area contributed by atoms with Gasteiger partial charge in [-0.1, -0.05) is 86.6 Å². The van der Waals surface area contributed by atoms with Crippen LogP contribution < -0.4 is 0 Å². The van der Waals surface area contributed by atoms with Gasteiger partial charge >= 0.3 is 0 Å². The summed E-state index contributed by atoms with van der Waals surface area (Å²) in [6, 6.07) is 20.7. The standard InChI is InChI=1S/C26H26N6O2/c1-26(2,3)22-15-20(27-16-21(22)24(33)19-13-9-6-10-14-19)17-34-29-23(18-11-7-5-8-12-18)25-28-30-31-32(25)4/h5-16H,17H2,1-4H3/b29-23-. The average molecular weight is 455 g/mol. The van der Waals surface area contributed by atoms with Crippen LogP contribution in [-0.2, 0) is 23.9 Å². The fraction of sp³-hybridized carbons (Fsp3) is 0.231. The van der Waals surface area contributed by atoms with Gasteiger partial charge in [0.1, 0.15) is 0 Å². The van der Waals surface area contributed by atoms with Gasteiger partial charge in [0.05, 0.1) is 5.69 Å². The summed E-state index contributed by atoms with van der Waals surface area (Å²) in [6.45, 7) is 6.34. The first-order chi connectivity index (χ1) is 16.3. The zero-order valence-electron chi connectivity index (χ0n) is 19.6. The second-order valence-electron chi connectivity index (χ2n) is 8.87. The van der Waals surface area contributed by atoms with E-state index >= 15 is 0 Å². The van der Waals surface area contributed by atoms with E-state index in [9.17, 15) is 4.79 Å². The summed E-state index contributed by atoms with van der Waals surface area (Å²) in [5, 5.41) is 16.0. The first kappa shape index (κ1) is 23.0. The monoisotopic (exact) mass is 454 g/mol. The number of rotatable bonds is 7. The predicted molar refractivity (Wildman–Crippen MR) is 128 cm³/mol. The highest BCUT2D eigenvalue weighted by molar-refractivity contribution is 6.10. The predicted octanol–water partition coefficient (Wildman–Crippen LogP) is 4.10. The third-order valence-electron chi connectivity index (χ3n) is 5.30. The molecule has 2 aromatic carbocycles. The first-order valence-electron chi connectivity index (χ1n) is 10.9. The van der Waals surface area contributed by atoms with Crippen LogP contribution in [0.15, 0.2) is 78.1 Å². The van der Waals surface area contributed by atoms with Crippen molar-refractivity contribution in [2.75, 3.05) is 0 Å². The van der Waals surface area contributed by atoms with Crippen molar-refractivity contribution in [2.45, 2.75) is 32.8 Å². The van der Waals surface area contributed by atoms with Crippen LogP contribution in [-0.4, -0.2) is 36.7 Å². The van der Waals surface area contributed by atoms with Crippen molar-refractivity contribution in [3.05, 3.63) is 107 Å². The Kier molecular flexibility index (Phi) is 6.58. The van der Waals surface area contributed by atoms with Crippen molar-refractivity contribution in [1.82, 2.24) is 25.2 Å². The summed E-state index contributed by atoms with van der Waals surface area (Å²) >= 11 is 0. The molecule has 0 bridgehead atoms. The fourth-order valence-electron chi connectivity index (χ4n) is 3.54. The second-order valence-corrected chi connectivity index (χ2v) is 8.87. The van der Waals surface area contributed by atoms with Gasteiger partial charge in [-0.15, -0.1) is 5.10 Å². The maximum atomic E-state index is 13.1. The van der Waals surface area contributed by atoms with Gasteiger partial charge in [-0.3, -0.25) is 9.78 Å². The van der Waals surface area contributed by atoms with E-state index in [1.165, 1.54) is 4.68 Å². The largest absolute Gasteiger partial charge is 0.389 e. The number of pyridine rings is 1. The number of aryl methyl sites for hydroxylation is 1. The Morgan fingerprint density at radius 3 is 2.24 bits per heavy atom. The molecule has 0 unspecified atom stereocenters. The van der Waals surface area contributed by atoms with Crippen LogP contribution in [0.4, 0.5) is 0 Å². The molecule has 8 heteroatoms. The van der Waals surface area contributed by atoms with E-state index in [4.69, 9.17) is 4.84 Å². The van der Waals surface area contributed by atoms with Crippen molar-refractivity contribution in [3.63, 3.8) is 0 Å². The number of aromatic nitrogens is 5. The number of hydrogen-bond acceptors (Lipinski definition) is 7. The zero-order valence-corrected chi connectivity index (χ0v) is 19.6. The van der Waals surface area contributed by atoms with E-state index in [1.54, 1.807) is 13.2 Å². The van der Waals surface area contributed by atoms with E-state index in [0.717, 1.165) is 11.1 Å². The summed E-state index contributed by atoms with van der Waals surface area (Å²) < 4.78 is 1.54. The quantitative estimate of drug-likeness (QED) is 0.237. The molecule has 0 saturated carbocycles. The Bertz CT molecular complexity index is 1310. The summed E-state index contributed by atoms with van der Waals surface area (Å²) in [7, 11) is 1.74. The topological polar surface area (TPSA) is 95.1 Å². The smallest absolute Gasteiger partial charge is 0.204 e. The highest BCUT2D eigenvalue weighted by Crippen LogP contribution is 2.28. The lowest BCUT2D eigenvalue weighted by molar-refractivity contribution is 0.103. The molecule has 0 fully saturated rings. The van der Waals surface area contributed by atoms with Gasteiger partial charge in [0.2, 0.25) is 5.82 Å². The van der Waals surface area contributed by atoms with Crippen LogP contribution in [0.1, 0.15) is 59.3 Å². The molecule has 0 N–H and O–H groups in total. The SMILES string of the molecule is Cn1nnnc1/C(=N\OCc1cc(C(C)(C)C)c(C(=O)c2ccccc2)cn1)c1ccccc1. The summed E-state index contributed by atoms with van der Waals surface area (Å²) in [5.74, 6) is 0.433. The Labute approximate surface area is 198 Å². The second kappa shape index (κ2) is 9.74. The van der Waals surface area contributed by atoms with E-state index in [0.29, 0.717) is 28.4 Å². The molecule has 0 atom stereocenters. The van der Waals surface area contributed by atoms with Gasteiger partial charge < -0.3 is 4.84 Å². The lowest BCUT2D eigenvalue weighted by atomic mass is 9.82. The molecular weight excluding hydrogens is 428 g/mol. The minimum atomic E-state index is -0.264. The molecule has 0 aliphatic rings. The highest BCUT2D eigenvalue weighted by Gasteiger charge is 2.24. The molecule has 8 nitrogen and oxygen atoms in total. The third-order valence-corrected chi connectivity index (χ3v) is 5.30. The van der Waals surface area contributed by atoms with E-state index < -0.39 is 0 Å². The maximum Gasteiger partial charge on any atom is 0.204 e. The first-order valence-corrected chi connectivity index (χ1v) is 10.9. The number of tetrazole rings is 1. The molecule has 34 heavy (non-hydrogen) atoms. The minimum Gasteiger partial charge on any atom is -0.389 e. The van der Waals surface area contributed by atoms with Crippen LogP contribution in [0.5, 0.6) is 0 Å². The van der Waals surface area contributed by atoms with Crippen LogP contribution in [0.3, 0.4) is 0 Å². The average Bonchev–Trinajstić information content (AvgIpc) is 3.27. The third kappa shape index (κ3) is 5.06. The Balaban J connectivity index is 1.62. The maximum absolute atomic E-state index is 13.1. The molecule has 0 aliphatic carbocycles. The lowest BCUT2D eigenvalue weighted by Gasteiger charge is -2.23. The Hall–Kier alpha value is -4.20. The van der Waals surface area contributed by atoms with Crippen LogP contribution in [0, 0.1) is 0 Å². The number of ketones is 1. The molecule has 172 valence electrons. The van der Waals surface area contributed by atoms with E-state index in [-0.39, 0.29) is 17.8 Å². The molecule has 2 heterocycles. The van der Waals surface area contributed by atoms with Gasteiger partial charge in [-0.25, -0.2) is 4.68 Å². The number of oxime groups is 1. The normalized spacial score (nSPS) is 11.9. The molecule has 0 aliphatic heterocycles. The number of carbonyl (C=O) groups excluding carboxylic acids is 1. The van der Waals surface area contributed by atoms with Crippen LogP contribution >= 0.6 is 0 Å². The molecule has 0 amide bonds. The molecular formula is C26H26N6O2. The molecule has 0 saturated heterocycles. The van der Waals surface area contributed by atoms with Gasteiger partial charge in [0.25, 0.3) is 0 Å². The van der Waals surface area contributed by atoms with Gasteiger partial charge in [-0.05, 0) is 27.5 Å². The van der Waals surface area contributed by atoms with Crippen molar-refractivity contribution in [2.24, 2.45) is 12.2 Å². The summed E-state index contributed by atoms with van der Waals surface area (Å²) in [5.41, 5.74) is 3.86. The van der Waals surface area contributed by atoms with E-state index in [1.807, 2.05) is 66.7 Å². The van der Waals surface area contributed by atoms with Crippen molar-refractivity contribution in [1.29, 1.82) is 0 Å². The Morgan fingerprint density at radius 1 is 1.00 bits per heavy atom. The molecule has 0 radical (unpaired) electrons. The highest BCUT2D eigenvalue weighted by atomic mass is 16.6. The van der Waals surface area contributed by atoms with Gasteiger partial charge in [0, 0.05) is 29.9 Å². The van der Waals surface area contributed by atoms with Crippen molar-refractivity contribution >= 4 is 11.5 Å². The number of carbonyl (C=O) groups is 1. The molecule has 4 rings (SSSR count). The number of hydrogen-bond donors (Lipinski definition) is 0. The summed E-state index contributed by atoms with van der Waals surface area (Å²) in [6.07, 6.45) is 1.63. The molecule has 0 spiro atoms. The van der Waals surface area contributed by atoms with Crippen LogP contribution in [0.2, 0.25) is 0 Å². The Morgan fingerprint density at radius 2 is 1.65 bits per heavy atom. The fourth-order valence-corrected chi connectivity index (χ4v) is 3.54. The van der Waals surface area contributed by atoms with Crippen molar-refractivity contribution < 1.29 is 9.63 Å². The number of benzene rings is 2. The zero-order chi connectivity index (χ0) is 24.1. The number of nitrogens with zero attached hydrogens (tertiary/aromatic N) is 6. The molecule has 2 aromatic heterocycles. The van der Waals surface area contributed by atoms with Crippen LogP contribution in [0.25, 0.3) is 0 Å². The lowest BCUT2D eigenvalue weighted by Crippen LogP contribution is -2.19. The summed E-state index contributed by atoms with van der Waals surface area (Å²) in [4.78, 5) is 23.3. The van der Waals surface area contributed by atoms with E-state index in [2.05, 4.69) is 46.4 Å². The van der Waals surface area contributed by atoms with Crippen molar-refractivity contribution in [3.8, 4) is 0 Å². The minimum absolute atomic E-state index is 0.0512.